The molecular weight excluding hydrogens is 444 g/mol. The molecule has 0 radical (unpaired) electrons. The molecule has 0 unspecified atom stereocenters. The highest BCUT2D eigenvalue weighted by Crippen LogP contribution is 2.21. The zero-order chi connectivity index (χ0) is 24.4. The number of carbonyl (C=O) groups excluding carboxylic acids is 4. The Hall–Kier alpha value is -4.72. The smallest absolute Gasteiger partial charge is 0.325 e. The zero-order valence-electron chi connectivity index (χ0n) is 18.7. The van der Waals surface area contributed by atoms with Gasteiger partial charge >= 0.3 is 6.03 Å². The molecule has 1 aliphatic rings. The highest BCUT2D eigenvalue weighted by atomic mass is 16.2. The van der Waals surface area contributed by atoms with Gasteiger partial charge in [-0.2, -0.15) is 0 Å². The van der Waals surface area contributed by atoms with E-state index in [1.807, 2.05) is 36.5 Å². The number of aromatic amines is 1. The van der Waals surface area contributed by atoms with Crippen LogP contribution in [0.4, 0.5) is 10.5 Å². The van der Waals surface area contributed by atoms with Gasteiger partial charge in [0, 0.05) is 40.3 Å². The Morgan fingerprint density at radius 1 is 0.857 bits per heavy atom. The molecule has 2 heterocycles. The van der Waals surface area contributed by atoms with Gasteiger partial charge in [0.2, 0.25) is 0 Å². The molecule has 1 fully saturated rings. The van der Waals surface area contributed by atoms with Gasteiger partial charge in [0.1, 0.15) is 6.04 Å². The molecule has 1 aromatic heterocycles. The van der Waals surface area contributed by atoms with Gasteiger partial charge in [-0.3, -0.25) is 19.3 Å². The van der Waals surface area contributed by atoms with Gasteiger partial charge in [-0.25, -0.2) is 4.79 Å². The van der Waals surface area contributed by atoms with Crippen LogP contribution in [0.3, 0.4) is 0 Å². The van der Waals surface area contributed by atoms with Crippen LogP contribution >= 0.6 is 0 Å². The summed E-state index contributed by atoms with van der Waals surface area (Å²) in [5.74, 6) is -1.06. The van der Waals surface area contributed by atoms with Crippen molar-refractivity contribution in [1.29, 1.82) is 0 Å². The predicted octanol–water partition coefficient (Wildman–Crippen LogP) is 3.77. The first-order chi connectivity index (χ1) is 17.0. The third kappa shape index (κ3) is 4.54. The number of ketones is 1. The van der Waals surface area contributed by atoms with E-state index in [1.165, 1.54) is 0 Å². The molecule has 5 rings (SSSR count). The van der Waals surface area contributed by atoms with Crippen molar-refractivity contribution in [2.45, 2.75) is 12.5 Å². The summed E-state index contributed by atoms with van der Waals surface area (Å²) < 4.78 is 0. The normalized spacial score (nSPS) is 15.3. The maximum Gasteiger partial charge on any atom is 0.325 e. The number of amides is 4. The molecular formula is C27H22N4O4. The summed E-state index contributed by atoms with van der Waals surface area (Å²) in [5.41, 5.74) is 3.26. The number of carbonyl (C=O) groups is 4. The van der Waals surface area contributed by atoms with Crippen LogP contribution in [0.5, 0.6) is 0 Å². The van der Waals surface area contributed by atoms with Crippen molar-refractivity contribution in [2.24, 2.45) is 0 Å². The Morgan fingerprint density at radius 2 is 1.57 bits per heavy atom. The van der Waals surface area contributed by atoms with Gasteiger partial charge in [-0.05, 0) is 48.0 Å². The molecule has 4 aromatic rings. The van der Waals surface area contributed by atoms with Crippen LogP contribution in [0.2, 0.25) is 0 Å². The van der Waals surface area contributed by atoms with Crippen molar-refractivity contribution in [1.82, 2.24) is 15.2 Å². The van der Waals surface area contributed by atoms with Gasteiger partial charge in [0.05, 0.1) is 6.54 Å². The van der Waals surface area contributed by atoms with Gasteiger partial charge in [0.25, 0.3) is 11.8 Å². The van der Waals surface area contributed by atoms with Crippen LogP contribution in [-0.4, -0.2) is 46.1 Å². The molecule has 35 heavy (non-hydrogen) atoms. The number of hydrogen-bond acceptors (Lipinski definition) is 4. The number of urea groups is 1. The molecule has 8 heteroatoms. The second-order valence-electron chi connectivity index (χ2n) is 8.31. The second kappa shape index (κ2) is 9.26. The summed E-state index contributed by atoms with van der Waals surface area (Å²) in [5, 5.41) is 6.44. The Labute approximate surface area is 200 Å². The Balaban J connectivity index is 1.22. The molecule has 8 nitrogen and oxygen atoms in total. The Morgan fingerprint density at radius 3 is 2.34 bits per heavy atom. The first-order valence-corrected chi connectivity index (χ1v) is 11.2. The molecule has 0 aliphatic carbocycles. The number of Topliss-reactive ketones (excluding diaryl/α,β-unsaturated/α-hetero) is 1. The highest BCUT2D eigenvalue weighted by molar-refractivity contribution is 6.10. The van der Waals surface area contributed by atoms with Crippen LogP contribution in [0.15, 0.2) is 85.1 Å². The number of aromatic nitrogens is 1. The lowest BCUT2D eigenvalue weighted by Gasteiger charge is -2.12. The molecule has 0 saturated carbocycles. The van der Waals surface area contributed by atoms with E-state index < -0.39 is 18.0 Å². The van der Waals surface area contributed by atoms with Gasteiger partial charge in [-0.15, -0.1) is 0 Å². The number of H-pyrrole nitrogens is 1. The molecule has 0 spiro atoms. The minimum Gasteiger partial charge on any atom is -0.361 e. The van der Waals surface area contributed by atoms with E-state index in [0.29, 0.717) is 23.2 Å². The molecule has 1 aliphatic heterocycles. The molecule has 3 N–H and O–H groups in total. The summed E-state index contributed by atoms with van der Waals surface area (Å²) in [6, 6.07) is 21.5. The number of fused-ring (bicyclic) bond motifs is 1. The number of benzene rings is 3. The molecule has 174 valence electrons. The number of imide groups is 1. The Kier molecular flexibility index (Phi) is 5.85. The average molecular weight is 466 g/mol. The second-order valence-corrected chi connectivity index (χ2v) is 8.31. The zero-order valence-corrected chi connectivity index (χ0v) is 18.7. The summed E-state index contributed by atoms with van der Waals surface area (Å²) >= 11 is 0. The van der Waals surface area contributed by atoms with E-state index in [2.05, 4.69) is 15.6 Å². The number of anilines is 1. The van der Waals surface area contributed by atoms with Crippen LogP contribution in [-0.2, 0) is 11.2 Å². The first-order valence-electron chi connectivity index (χ1n) is 11.2. The SMILES string of the molecule is O=C(CN1C(=O)N[C@H](Cc2c[nH]c3ccccc23)C1=O)c1ccc(NC(=O)c2ccccc2)cc1. The van der Waals surface area contributed by atoms with Crippen molar-refractivity contribution in [3.63, 3.8) is 0 Å². The van der Waals surface area contributed by atoms with E-state index >= 15 is 0 Å². The number of nitrogens with one attached hydrogen (secondary N) is 3. The topological polar surface area (TPSA) is 111 Å². The fourth-order valence-corrected chi connectivity index (χ4v) is 4.15. The van der Waals surface area contributed by atoms with Crippen LogP contribution < -0.4 is 10.6 Å². The average Bonchev–Trinajstić information content (AvgIpc) is 3.41. The Bertz CT molecular complexity index is 1430. The fraction of sp³-hybridized carbons (Fsp3) is 0.111. The van der Waals surface area contributed by atoms with E-state index in [0.717, 1.165) is 21.4 Å². The van der Waals surface area contributed by atoms with E-state index in [4.69, 9.17) is 0 Å². The summed E-state index contributed by atoms with van der Waals surface area (Å²) in [6.07, 6.45) is 2.16. The number of hydrogen-bond donors (Lipinski definition) is 3. The maximum atomic E-state index is 12.9. The van der Waals surface area contributed by atoms with Gasteiger partial charge in [0.15, 0.2) is 5.78 Å². The summed E-state index contributed by atoms with van der Waals surface area (Å²) in [7, 11) is 0. The monoisotopic (exact) mass is 466 g/mol. The quantitative estimate of drug-likeness (QED) is 0.284. The van der Waals surface area contributed by atoms with Crippen molar-refractivity contribution in [3.05, 3.63) is 102 Å². The van der Waals surface area contributed by atoms with Gasteiger partial charge < -0.3 is 15.6 Å². The number of rotatable bonds is 7. The standard InChI is InChI=1S/C27H22N4O4/c32-24(17-10-12-20(13-11-17)29-25(33)18-6-2-1-3-7-18)16-31-26(34)23(30-27(31)35)14-19-15-28-22-9-5-4-8-21(19)22/h1-13,15,23,28H,14,16H2,(H,29,33)(H,30,35)/t23-/m1/s1. The van der Waals surface area contributed by atoms with E-state index in [9.17, 15) is 19.2 Å². The molecule has 3 aromatic carbocycles. The van der Waals surface area contributed by atoms with Crippen molar-refractivity contribution in [3.8, 4) is 0 Å². The number of para-hydroxylation sites is 1. The molecule has 0 bridgehead atoms. The first kappa shape index (κ1) is 22.1. The summed E-state index contributed by atoms with van der Waals surface area (Å²) in [4.78, 5) is 54.5. The third-order valence-corrected chi connectivity index (χ3v) is 6.01. The molecule has 4 amide bonds. The largest absolute Gasteiger partial charge is 0.361 e. The third-order valence-electron chi connectivity index (χ3n) is 6.01. The highest BCUT2D eigenvalue weighted by Gasteiger charge is 2.39. The molecule has 1 atom stereocenters. The maximum absolute atomic E-state index is 12.9. The lowest BCUT2D eigenvalue weighted by Crippen LogP contribution is -2.36. The van der Waals surface area contributed by atoms with Crippen molar-refractivity contribution in [2.75, 3.05) is 11.9 Å². The minimum atomic E-state index is -0.731. The minimum absolute atomic E-state index is 0.259. The van der Waals surface area contributed by atoms with Crippen molar-refractivity contribution >= 4 is 40.2 Å². The van der Waals surface area contributed by atoms with Gasteiger partial charge in [-0.1, -0.05) is 36.4 Å². The summed E-state index contributed by atoms with van der Waals surface area (Å²) in [6.45, 7) is -0.356. The predicted molar refractivity (Wildman–Crippen MR) is 131 cm³/mol. The van der Waals surface area contributed by atoms with Crippen LogP contribution in [0.25, 0.3) is 10.9 Å². The van der Waals surface area contributed by atoms with Crippen LogP contribution in [0, 0.1) is 0 Å². The van der Waals surface area contributed by atoms with Crippen LogP contribution in [0.1, 0.15) is 26.3 Å². The fourth-order valence-electron chi connectivity index (χ4n) is 4.15. The van der Waals surface area contributed by atoms with E-state index in [-0.39, 0.29) is 18.2 Å². The van der Waals surface area contributed by atoms with E-state index in [1.54, 1.807) is 48.5 Å². The lowest BCUT2D eigenvalue weighted by atomic mass is 10.0. The lowest BCUT2D eigenvalue weighted by molar-refractivity contribution is -0.127. The number of nitrogens with zero attached hydrogens (tertiary/aromatic N) is 1. The van der Waals surface area contributed by atoms with Crippen molar-refractivity contribution < 1.29 is 19.2 Å². The molecule has 1 saturated heterocycles.